The third-order valence-electron chi connectivity index (χ3n) is 7.25. The van der Waals surface area contributed by atoms with Crippen LogP contribution in [0.25, 0.3) is 10.8 Å². The average molecular weight is 535 g/mol. The van der Waals surface area contributed by atoms with Gasteiger partial charge in [0.05, 0.1) is 5.56 Å². The Hall–Kier alpha value is -5.35. The van der Waals surface area contributed by atoms with Gasteiger partial charge in [-0.1, -0.05) is 84.9 Å². The molecule has 0 aliphatic heterocycles. The number of nitrogens with zero attached hydrogens (tertiary/aromatic N) is 1. The van der Waals surface area contributed by atoms with E-state index in [1.165, 1.54) is 11.1 Å². The molecule has 0 atom stereocenters. The van der Waals surface area contributed by atoms with Crippen molar-refractivity contribution < 1.29 is 9.90 Å². The first-order chi connectivity index (χ1) is 20.1. The van der Waals surface area contributed by atoms with Crippen LogP contribution in [0, 0.1) is 0 Å². The Morgan fingerprint density at radius 2 is 1.02 bits per heavy atom. The number of carbonyl (C=O) groups is 1. The van der Waals surface area contributed by atoms with E-state index in [0.29, 0.717) is 5.69 Å². The van der Waals surface area contributed by atoms with Crippen LogP contribution < -0.4 is 10.2 Å². The molecular weight excluding hydrogens is 504 g/mol. The summed E-state index contributed by atoms with van der Waals surface area (Å²) in [6.45, 7) is 0. The van der Waals surface area contributed by atoms with Gasteiger partial charge >= 0.3 is 0 Å². The van der Waals surface area contributed by atoms with Gasteiger partial charge in [0.1, 0.15) is 5.75 Å². The molecule has 6 aromatic carbocycles. The lowest BCUT2D eigenvalue weighted by Gasteiger charge is -2.25. The fraction of sp³-hybridized carbons (Fsp3) is 0.0541. The Morgan fingerprint density at radius 1 is 0.561 bits per heavy atom. The first-order valence-electron chi connectivity index (χ1n) is 13.8. The maximum atomic E-state index is 12.9. The fourth-order valence-electron chi connectivity index (χ4n) is 5.07. The number of phenols is 1. The van der Waals surface area contributed by atoms with E-state index in [1.807, 2.05) is 60.7 Å². The number of nitrogens with one attached hydrogen (secondary N) is 1. The van der Waals surface area contributed by atoms with Gasteiger partial charge in [-0.15, -0.1) is 0 Å². The van der Waals surface area contributed by atoms with Crippen LogP contribution in [0.5, 0.6) is 5.75 Å². The van der Waals surface area contributed by atoms with Crippen LogP contribution in [0.15, 0.2) is 146 Å². The van der Waals surface area contributed by atoms with E-state index in [2.05, 4.69) is 83.0 Å². The number of hydrogen-bond donors (Lipinski definition) is 2. The van der Waals surface area contributed by atoms with Crippen molar-refractivity contribution in [3.63, 3.8) is 0 Å². The second kappa shape index (κ2) is 11.8. The van der Waals surface area contributed by atoms with E-state index >= 15 is 0 Å². The highest BCUT2D eigenvalue weighted by molar-refractivity contribution is 6.08. The first-order valence-corrected chi connectivity index (χ1v) is 13.8. The molecule has 6 rings (SSSR count). The van der Waals surface area contributed by atoms with Crippen LogP contribution in [0.2, 0.25) is 0 Å². The Bertz CT molecular complexity index is 1730. The molecule has 0 spiro atoms. The van der Waals surface area contributed by atoms with Gasteiger partial charge in [-0.3, -0.25) is 4.79 Å². The molecule has 0 bridgehead atoms. The fourth-order valence-corrected chi connectivity index (χ4v) is 5.07. The monoisotopic (exact) mass is 534 g/mol. The molecule has 0 heterocycles. The summed E-state index contributed by atoms with van der Waals surface area (Å²) >= 11 is 0. The number of carbonyl (C=O) groups excluding carboxylic acids is 1. The summed E-state index contributed by atoms with van der Waals surface area (Å²) in [5.74, 6) is -0.361. The normalized spacial score (nSPS) is 10.8. The van der Waals surface area contributed by atoms with Crippen LogP contribution in [0.1, 0.15) is 21.5 Å². The number of rotatable bonds is 8. The van der Waals surface area contributed by atoms with E-state index in [0.717, 1.165) is 40.7 Å². The summed E-state index contributed by atoms with van der Waals surface area (Å²) < 4.78 is 0. The van der Waals surface area contributed by atoms with Crippen LogP contribution in [0.3, 0.4) is 0 Å². The number of hydrogen-bond acceptors (Lipinski definition) is 3. The molecule has 0 aliphatic carbocycles. The van der Waals surface area contributed by atoms with Gasteiger partial charge in [-0.05, 0) is 95.4 Å². The van der Waals surface area contributed by atoms with Gasteiger partial charge in [-0.25, -0.2) is 0 Å². The lowest BCUT2D eigenvalue weighted by Crippen LogP contribution is -2.12. The van der Waals surface area contributed by atoms with Gasteiger partial charge in [-0.2, -0.15) is 0 Å². The van der Waals surface area contributed by atoms with Gasteiger partial charge in [0.2, 0.25) is 0 Å². The zero-order valence-electron chi connectivity index (χ0n) is 22.6. The summed E-state index contributed by atoms with van der Waals surface area (Å²) in [6.07, 6.45) is 1.80. The molecule has 0 saturated carbocycles. The largest absolute Gasteiger partial charge is 0.507 e. The molecule has 41 heavy (non-hydrogen) atoms. The van der Waals surface area contributed by atoms with Crippen molar-refractivity contribution in [2.45, 2.75) is 12.8 Å². The number of aromatic hydroxyl groups is 1. The number of aryl methyl sites for hydroxylation is 2. The van der Waals surface area contributed by atoms with E-state index < -0.39 is 0 Å². The predicted molar refractivity (Wildman–Crippen MR) is 169 cm³/mol. The summed E-state index contributed by atoms with van der Waals surface area (Å²) in [5.41, 5.74) is 6.76. The third kappa shape index (κ3) is 5.97. The Balaban J connectivity index is 1.10. The maximum Gasteiger partial charge on any atom is 0.259 e. The highest BCUT2D eigenvalue weighted by Gasteiger charge is 2.14. The molecule has 0 saturated heterocycles. The summed E-state index contributed by atoms with van der Waals surface area (Å²) in [6, 6.07) is 48.4. The molecule has 200 valence electrons. The number of fused-ring (bicyclic) bond motifs is 1. The van der Waals surface area contributed by atoms with E-state index in [1.54, 1.807) is 12.1 Å². The summed E-state index contributed by atoms with van der Waals surface area (Å²) in [5, 5.41) is 15.1. The minimum atomic E-state index is -0.332. The van der Waals surface area contributed by atoms with Gasteiger partial charge in [0, 0.05) is 22.7 Å². The van der Waals surface area contributed by atoms with Gasteiger partial charge < -0.3 is 15.3 Å². The highest BCUT2D eigenvalue weighted by Crippen LogP contribution is 2.34. The van der Waals surface area contributed by atoms with Crippen molar-refractivity contribution in [2.75, 3.05) is 10.2 Å². The van der Waals surface area contributed by atoms with Crippen molar-refractivity contribution >= 4 is 39.4 Å². The van der Waals surface area contributed by atoms with Crippen molar-refractivity contribution in [3.05, 3.63) is 162 Å². The zero-order valence-corrected chi connectivity index (χ0v) is 22.6. The number of phenolic OH excluding ortho intramolecular Hbond substituents is 1. The molecule has 0 radical (unpaired) electrons. The van der Waals surface area contributed by atoms with Crippen LogP contribution in [0.4, 0.5) is 22.7 Å². The lowest BCUT2D eigenvalue weighted by atomic mass is 10.0. The Kier molecular flexibility index (Phi) is 7.46. The lowest BCUT2D eigenvalue weighted by molar-refractivity contribution is 0.102. The quantitative estimate of drug-likeness (QED) is 0.205. The maximum absolute atomic E-state index is 12.9. The van der Waals surface area contributed by atoms with Crippen molar-refractivity contribution in [2.24, 2.45) is 0 Å². The van der Waals surface area contributed by atoms with Crippen LogP contribution in [-0.4, -0.2) is 11.0 Å². The van der Waals surface area contributed by atoms with Crippen molar-refractivity contribution in [3.8, 4) is 5.75 Å². The smallest absolute Gasteiger partial charge is 0.259 e. The average Bonchev–Trinajstić information content (AvgIpc) is 3.02. The van der Waals surface area contributed by atoms with E-state index in [9.17, 15) is 9.90 Å². The Morgan fingerprint density at radius 3 is 1.59 bits per heavy atom. The predicted octanol–water partition coefficient (Wildman–Crippen LogP) is 9.05. The van der Waals surface area contributed by atoms with Gasteiger partial charge in [0.25, 0.3) is 5.91 Å². The highest BCUT2D eigenvalue weighted by atomic mass is 16.3. The molecule has 0 aromatic heterocycles. The zero-order chi connectivity index (χ0) is 28.0. The summed E-state index contributed by atoms with van der Waals surface area (Å²) in [4.78, 5) is 15.1. The Labute approximate surface area is 240 Å². The topological polar surface area (TPSA) is 52.6 Å². The second-order valence-corrected chi connectivity index (χ2v) is 10.0. The van der Waals surface area contributed by atoms with Gasteiger partial charge in [0.15, 0.2) is 0 Å². The van der Waals surface area contributed by atoms with Crippen LogP contribution in [-0.2, 0) is 12.8 Å². The number of amides is 1. The SMILES string of the molecule is O=C(Nc1ccc(CCc2ccc(N(c3ccccc3)c3ccccc3)cc2)cc1)c1cc2ccccc2cc1O. The number of anilines is 4. The van der Waals surface area contributed by atoms with E-state index in [-0.39, 0.29) is 17.2 Å². The molecular formula is C37H30N2O2. The minimum absolute atomic E-state index is 0.0282. The third-order valence-corrected chi connectivity index (χ3v) is 7.25. The first kappa shape index (κ1) is 25.9. The molecule has 0 fully saturated rings. The molecule has 0 unspecified atom stereocenters. The summed E-state index contributed by atoms with van der Waals surface area (Å²) in [7, 11) is 0. The van der Waals surface area contributed by atoms with E-state index in [4.69, 9.17) is 0 Å². The molecule has 1 amide bonds. The molecule has 6 aromatic rings. The standard InChI is InChI=1S/C37H30N2O2/c40-36-26-30-10-8-7-9-29(30)25-35(36)37(41)38-31-21-17-27(18-22-31)15-16-28-19-23-34(24-20-28)39(32-11-3-1-4-12-32)33-13-5-2-6-14-33/h1-14,17-26,40H,15-16H2,(H,38,41). The molecule has 0 aliphatic rings. The van der Waals surface area contributed by atoms with Crippen molar-refractivity contribution in [1.82, 2.24) is 0 Å². The second-order valence-electron chi connectivity index (χ2n) is 10.0. The molecule has 2 N–H and O–H groups in total. The van der Waals surface area contributed by atoms with Crippen molar-refractivity contribution in [1.29, 1.82) is 0 Å². The number of benzene rings is 6. The number of para-hydroxylation sites is 2. The van der Waals surface area contributed by atoms with Crippen LogP contribution >= 0.6 is 0 Å². The molecule has 4 heteroatoms. The molecule has 4 nitrogen and oxygen atoms in total. The minimum Gasteiger partial charge on any atom is -0.507 e.